The minimum atomic E-state index is 0.0447. The van der Waals surface area contributed by atoms with Gasteiger partial charge in [-0.15, -0.1) is 0 Å². The van der Waals surface area contributed by atoms with Gasteiger partial charge < -0.3 is 11.5 Å². The van der Waals surface area contributed by atoms with E-state index in [9.17, 15) is 0 Å². The van der Waals surface area contributed by atoms with Gasteiger partial charge in [0.1, 0.15) is 0 Å². The lowest BCUT2D eigenvalue weighted by atomic mass is 10.1. The van der Waals surface area contributed by atoms with Gasteiger partial charge >= 0.3 is 0 Å². The lowest BCUT2D eigenvalue weighted by Gasteiger charge is -2.10. The van der Waals surface area contributed by atoms with Crippen LogP contribution < -0.4 is 11.5 Å². The first-order chi connectivity index (χ1) is 11.2. The zero-order valence-electron chi connectivity index (χ0n) is 12.0. The highest BCUT2D eigenvalue weighted by Gasteiger charge is 2.26. The molecule has 6 nitrogen and oxygen atoms in total. The van der Waals surface area contributed by atoms with Crippen LogP contribution in [0, 0.1) is 0 Å². The second-order valence-electron chi connectivity index (χ2n) is 5.40. The summed E-state index contributed by atoms with van der Waals surface area (Å²) in [7, 11) is 0. The monoisotopic (exact) mass is 340 g/mol. The molecule has 3 heterocycles. The highest BCUT2D eigenvalue weighted by Crippen LogP contribution is 2.44. The maximum Gasteiger partial charge on any atom is 0.213 e. The molecule has 0 amide bonds. The molecule has 0 bridgehead atoms. The molecule has 1 aliphatic carbocycles. The lowest BCUT2D eigenvalue weighted by Crippen LogP contribution is -2.21. The average molecular weight is 340 g/mol. The number of nitrogens with zero attached hydrogens (tertiary/aromatic N) is 4. The van der Waals surface area contributed by atoms with Crippen molar-refractivity contribution in [1.29, 1.82) is 0 Å². The molecule has 0 spiro atoms. The van der Waals surface area contributed by atoms with Gasteiger partial charge in [-0.2, -0.15) is 4.99 Å². The Morgan fingerprint density at radius 2 is 2.00 bits per heavy atom. The van der Waals surface area contributed by atoms with Crippen molar-refractivity contribution in [3.05, 3.63) is 34.8 Å². The van der Waals surface area contributed by atoms with Gasteiger partial charge in [0.25, 0.3) is 0 Å². The maximum atomic E-state index is 5.47. The zero-order chi connectivity index (χ0) is 15.6. The predicted molar refractivity (Wildman–Crippen MR) is 94.6 cm³/mol. The number of nitrogens with two attached hydrogens (primary N) is 2. The van der Waals surface area contributed by atoms with E-state index in [1.807, 2.05) is 6.07 Å². The zero-order valence-corrected chi connectivity index (χ0v) is 13.6. The molecule has 3 aromatic heterocycles. The van der Waals surface area contributed by atoms with Gasteiger partial charge in [-0.3, -0.25) is 4.40 Å². The van der Waals surface area contributed by atoms with Crippen LogP contribution in [0.15, 0.2) is 29.3 Å². The van der Waals surface area contributed by atoms with Crippen LogP contribution in [-0.2, 0) is 12.8 Å². The van der Waals surface area contributed by atoms with E-state index < -0.39 is 0 Å². The maximum absolute atomic E-state index is 5.47. The Labute approximate surface area is 139 Å². The summed E-state index contributed by atoms with van der Waals surface area (Å²) in [6, 6.07) is 8.24. The summed E-state index contributed by atoms with van der Waals surface area (Å²) in [5.41, 5.74) is 15.4. The SMILES string of the molecule is NC(N)=Nc1nc2c(s1)CCc1c-2sc2nc3ccccc3n12. The fraction of sp³-hybridized carbons (Fsp3) is 0.133. The van der Waals surface area contributed by atoms with Crippen LogP contribution in [0.5, 0.6) is 0 Å². The molecular weight excluding hydrogens is 328 g/mol. The molecule has 23 heavy (non-hydrogen) atoms. The van der Waals surface area contributed by atoms with Crippen LogP contribution in [-0.4, -0.2) is 20.3 Å². The smallest absolute Gasteiger partial charge is 0.213 e. The van der Waals surface area contributed by atoms with Crippen molar-refractivity contribution in [2.45, 2.75) is 12.8 Å². The van der Waals surface area contributed by atoms with Crippen LogP contribution >= 0.6 is 22.7 Å². The van der Waals surface area contributed by atoms with Crippen molar-refractivity contribution < 1.29 is 0 Å². The van der Waals surface area contributed by atoms with Gasteiger partial charge in [-0.05, 0) is 25.0 Å². The van der Waals surface area contributed by atoms with Gasteiger partial charge in [0.2, 0.25) is 5.13 Å². The summed E-state index contributed by atoms with van der Waals surface area (Å²) in [4.78, 5) is 16.9. The molecule has 8 heteroatoms. The van der Waals surface area contributed by atoms with Crippen molar-refractivity contribution in [1.82, 2.24) is 14.4 Å². The summed E-state index contributed by atoms with van der Waals surface area (Å²) in [6.45, 7) is 0. The van der Waals surface area contributed by atoms with E-state index in [1.54, 1.807) is 22.7 Å². The second-order valence-corrected chi connectivity index (χ2v) is 7.44. The number of aromatic nitrogens is 3. The molecule has 1 aliphatic rings. The van der Waals surface area contributed by atoms with E-state index in [4.69, 9.17) is 16.5 Å². The van der Waals surface area contributed by atoms with Crippen molar-refractivity contribution in [3.8, 4) is 10.6 Å². The number of imidazole rings is 1. The van der Waals surface area contributed by atoms with E-state index in [2.05, 4.69) is 32.6 Å². The van der Waals surface area contributed by atoms with Crippen molar-refractivity contribution in [2.24, 2.45) is 16.5 Å². The number of guanidine groups is 1. The highest BCUT2D eigenvalue weighted by molar-refractivity contribution is 7.21. The van der Waals surface area contributed by atoms with Gasteiger partial charge in [-0.1, -0.05) is 34.8 Å². The Balaban J connectivity index is 1.78. The molecule has 0 radical (unpaired) electrons. The molecule has 0 atom stereocenters. The fourth-order valence-corrected chi connectivity index (χ4v) is 5.30. The van der Waals surface area contributed by atoms with Crippen LogP contribution in [0.3, 0.4) is 0 Å². The third-order valence-electron chi connectivity index (χ3n) is 3.97. The first-order valence-electron chi connectivity index (χ1n) is 7.19. The molecule has 5 rings (SSSR count). The minimum Gasteiger partial charge on any atom is -0.370 e. The Bertz CT molecular complexity index is 1100. The molecule has 114 valence electrons. The first kappa shape index (κ1) is 13.0. The van der Waals surface area contributed by atoms with Gasteiger partial charge in [0, 0.05) is 10.6 Å². The molecule has 0 saturated heterocycles. The number of para-hydroxylation sites is 2. The Kier molecular flexibility index (Phi) is 2.56. The number of fused-ring (bicyclic) bond motifs is 7. The Hall–Kier alpha value is -2.45. The molecule has 0 fully saturated rings. The van der Waals surface area contributed by atoms with E-state index in [0.29, 0.717) is 5.13 Å². The Morgan fingerprint density at radius 1 is 1.13 bits per heavy atom. The van der Waals surface area contributed by atoms with Crippen LogP contribution in [0.4, 0.5) is 5.13 Å². The van der Waals surface area contributed by atoms with E-state index in [0.717, 1.165) is 34.5 Å². The van der Waals surface area contributed by atoms with Gasteiger partial charge in [0.15, 0.2) is 10.9 Å². The highest BCUT2D eigenvalue weighted by atomic mass is 32.1. The van der Waals surface area contributed by atoms with Gasteiger partial charge in [-0.25, -0.2) is 9.97 Å². The average Bonchev–Trinajstić information content (AvgIpc) is 3.15. The number of benzene rings is 1. The summed E-state index contributed by atoms with van der Waals surface area (Å²) < 4.78 is 2.26. The first-order valence-corrected chi connectivity index (χ1v) is 8.82. The van der Waals surface area contributed by atoms with Crippen molar-refractivity contribution in [2.75, 3.05) is 0 Å². The molecule has 4 N–H and O–H groups in total. The second kappa shape index (κ2) is 4.53. The number of hydrogen-bond donors (Lipinski definition) is 2. The van der Waals surface area contributed by atoms with Crippen molar-refractivity contribution in [3.63, 3.8) is 0 Å². The molecule has 0 aliphatic heterocycles. The number of hydrogen-bond acceptors (Lipinski definition) is 5. The van der Waals surface area contributed by atoms with E-state index in [-0.39, 0.29) is 5.96 Å². The minimum absolute atomic E-state index is 0.0447. The molecular formula is C15H12N6S2. The van der Waals surface area contributed by atoms with E-state index in [1.165, 1.54) is 15.4 Å². The normalized spacial score (nSPS) is 13.2. The number of rotatable bonds is 1. The van der Waals surface area contributed by atoms with Crippen LogP contribution in [0.25, 0.3) is 26.6 Å². The predicted octanol–water partition coefficient (Wildman–Crippen LogP) is 2.68. The summed E-state index contributed by atoms with van der Waals surface area (Å²) in [5, 5.41) is 0.624. The number of thiazole rings is 2. The fourth-order valence-electron chi connectivity index (χ4n) is 3.07. The number of aliphatic imine (C=N–C) groups is 1. The summed E-state index contributed by atoms with van der Waals surface area (Å²) in [5.74, 6) is 0.0447. The largest absolute Gasteiger partial charge is 0.370 e. The lowest BCUT2D eigenvalue weighted by molar-refractivity contribution is 0.903. The van der Waals surface area contributed by atoms with E-state index >= 15 is 0 Å². The van der Waals surface area contributed by atoms with Gasteiger partial charge in [0.05, 0.1) is 21.6 Å². The molecule has 0 saturated carbocycles. The summed E-state index contributed by atoms with van der Waals surface area (Å²) >= 11 is 3.25. The standard InChI is InChI=1S/C15H12N6S2/c16-13(17)20-14-19-11-10(22-14)6-5-9-12(11)23-15-18-7-3-1-2-4-8(7)21(9)15/h1-4H,5-6H2,(H4,16,17,19,20). The third kappa shape index (κ3) is 1.82. The topological polar surface area (TPSA) is 94.6 Å². The molecule has 0 unspecified atom stereocenters. The van der Waals surface area contributed by atoms with Crippen LogP contribution in [0.1, 0.15) is 10.6 Å². The quantitative estimate of drug-likeness (QED) is 0.411. The summed E-state index contributed by atoms with van der Waals surface area (Å²) in [6.07, 6.45) is 1.93. The third-order valence-corrected chi connectivity index (χ3v) is 6.07. The molecule has 1 aromatic carbocycles. The number of aryl methyl sites for hydroxylation is 2. The molecule has 4 aromatic rings. The Morgan fingerprint density at radius 3 is 2.87 bits per heavy atom. The van der Waals surface area contributed by atoms with Crippen LogP contribution in [0.2, 0.25) is 0 Å². The van der Waals surface area contributed by atoms with Crippen molar-refractivity contribution >= 4 is 49.8 Å².